The van der Waals surface area contributed by atoms with E-state index in [1.807, 2.05) is 0 Å². The first-order valence-corrected chi connectivity index (χ1v) is 8.16. The summed E-state index contributed by atoms with van der Waals surface area (Å²) in [6.07, 6.45) is 3.07. The summed E-state index contributed by atoms with van der Waals surface area (Å²) in [5.74, 6) is -0.0598. The molecular formula is C16H23N3O5. The van der Waals surface area contributed by atoms with Crippen LogP contribution in [0.3, 0.4) is 0 Å². The second-order valence-corrected chi connectivity index (χ2v) is 6.31. The van der Waals surface area contributed by atoms with Crippen molar-refractivity contribution < 1.29 is 19.0 Å². The number of carbonyl (C=O) groups excluding carboxylic acids is 1. The van der Waals surface area contributed by atoms with Gasteiger partial charge < -0.3 is 19.1 Å². The number of ether oxygens (including phenoxy) is 3. The average molecular weight is 337 g/mol. The van der Waals surface area contributed by atoms with Crippen LogP contribution in [0.15, 0.2) is 23.1 Å². The number of rotatable bonds is 4. The monoisotopic (exact) mass is 337 g/mol. The highest BCUT2D eigenvalue weighted by molar-refractivity contribution is 5.77. The van der Waals surface area contributed by atoms with Crippen LogP contribution in [-0.4, -0.2) is 72.3 Å². The summed E-state index contributed by atoms with van der Waals surface area (Å²) in [5, 5.41) is 4.07. The number of amides is 1. The molecule has 3 heterocycles. The highest BCUT2D eigenvalue weighted by atomic mass is 16.6. The van der Waals surface area contributed by atoms with E-state index in [-0.39, 0.29) is 24.2 Å². The minimum absolute atomic E-state index is 0.0584. The smallest absolute Gasteiger partial charge is 0.266 e. The Hall–Kier alpha value is -1.77. The lowest BCUT2D eigenvalue weighted by Crippen LogP contribution is -2.47. The van der Waals surface area contributed by atoms with Crippen molar-refractivity contribution in [3.8, 4) is 0 Å². The molecule has 0 radical (unpaired) electrons. The summed E-state index contributed by atoms with van der Waals surface area (Å²) in [7, 11) is 1.51. The number of aromatic nitrogens is 2. The Balaban J connectivity index is 1.66. The Morgan fingerprint density at radius 1 is 1.54 bits per heavy atom. The molecular weight excluding hydrogens is 314 g/mol. The van der Waals surface area contributed by atoms with Crippen molar-refractivity contribution in [2.45, 2.75) is 31.1 Å². The van der Waals surface area contributed by atoms with E-state index in [9.17, 15) is 9.59 Å². The Morgan fingerprint density at radius 3 is 3.21 bits per heavy atom. The molecule has 0 unspecified atom stereocenters. The highest BCUT2D eigenvalue weighted by Crippen LogP contribution is 2.33. The van der Waals surface area contributed by atoms with Crippen LogP contribution in [0.4, 0.5) is 0 Å². The lowest BCUT2D eigenvalue weighted by molar-refractivity contribution is -0.140. The van der Waals surface area contributed by atoms with Gasteiger partial charge in [-0.05, 0) is 18.9 Å². The van der Waals surface area contributed by atoms with E-state index >= 15 is 0 Å². The summed E-state index contributed by atoms with van der Waals surface area (Å²) in [5.41, 5.74) is -0.653. The van der Waals surface area contributed by atoms with Gasteiger partial charge in [0.25, 0.3) is 5.56 Å². The normalized spacial score (nSPS) is 27.4. The lowest BCUT2D eigenvalue weighted by Gasteiger charge is -2.31. The van der Waals surface area contributed by atoms with Crippen molar-refractivity contribution in [2.24, 2.45) is 0 Å². The number of hydrogen-bond donors (Lipinski definition) is 0. The zero-order chi connectivity index (χ0) is 17.0. The summed E-state index contributed by atoms with van der Waals surface area (Å²) in [6, 6.07) is 3.10. The molecule has 3 rings (SSSR count). The molecule has 2 atom stereocenters. The van der Waals surface area contributed by atoms with E-state index in [2.05, 4.69) is 5.10 Å². The number of methoxy groups -OCH3 is 1. The SMILES string of the molecule is COCC(=O)N1CCOC[C@]2(CC[C@H](Cn3ncccc3=O)O2)C1. The Labute approximate surface area is 140 Å². The molecule has 0 N–H and O–H groups in total. The molecule has 2 fully saturated rings. The van der Waals surface area contributed by atoms with Crippen LogP contribution >= 0.6 is 0 Å². The van der Waals surface area contributed by atoms with Gasteiger partial charge in [0, 0.05) is 25.9 Å². The topological polar surface area (TPSA) is 82.9 Å². The fourth-order valence-electron chi connectivity index (χ4n) is 3.30. The van der Waals surface area contributed by atoms with Crippen molar-refractivity contribution in [1.29, 1.82) is 0 Å². The molecule has 24 heavy (non-hydrogen) atoms. The third kappa shape index (κ3) is 3.82. The quantitative estimate of drug-likeness (QED) is 0.748. The fourth-order valence-corrected chi connectivity index (χ4v) is 3.30. The molecule has 8 nitrogen and oxygen atoms in total. The third-order valence-electron chi connectivity index (χ3n) is 4.47. The van der Waals surface area contributed by atoms with Gasteiger partial charge in [-0.2, -0.15) is 5.10 Å². The average Bonchev–Trinajstić information content (AvgIpc) is 2.82. The van der Waals surface area contributed by atoms with E-state index in [0.29, 0.717) is 32.8 Å². The number of hydrogen-bond acceptors (Lipinski definition) is 6. The van der Waals surface area contributed by atoms with Crippen molar-refractivity contribution in [3.05, 3.63) is 28.7 Å². The molecule has 0 saturated carbocycles. The van der Waals surface area contributed by atoms with Crippen LogP contribution in [-0.2, 0) is 25.5 Å². The molecule has 2 saturated heterocycles. The molecule has 1 aromatic heterocycles. The van der Waals surface area contributed by atoms with Gasteiger partial charge in [0.15, 0.2) is 0 Å². The standard InChI is InChI=1S/C16H23N3O5/c1-22-10-15(21)18-7-8-23-12-16(11-18)5-4-13(24-16)9-19-14(20)3-2-6-17-19/h2-3,6,13H,4-5,7-12H2,1H3/t13-,16+/m1/s1. The lowest BCUT2D eigenvalue weighted by atomic mass is 10.00. The van der Waals surface area contributed by atoms with Crippen LogP contribution in [0, 0.1) is 0 Å². The second kappa shape index (κ2) is 7.42. The third-order valence-corrected chi connectivity index (χ3v) is 4.47. The highest BCUT2D eigenvalue weighted by Gasteiger charge is 2.44. The van der Waals surface area contributed by atoms with Crippen LogP contribution in [0.25, 0.3) is 0 Å². The first-order chi connectivity index (χ1) is 11.6. The first kappa shape index (κ1) is 17.1. The molecule has 2 aliphatic rings. The van der Waals surface area contributed by atoms with Crippen LogP contribution in [0.5, 0.6) is 0 Å². The van der Waals surface area contributed by atoms with E-state index < -0.39 is 5.60 Å². The van der Waals surface area contributed by atoms with Gasteiger partial charge in [-0.1, -0.05) is 0 Å². The van der Waals surface area contributed by atoms with Gasteiger partial charge in [0.1, 0.15) is 12.2 Å². The van der Waals surface area contributed by atoms with Gasteiger partial charge >= 0.3 is 0 Å². The van der Waals surface area contributed by atoms with Crippen molar-refractivity contribution in [2.75, 3.05) is 40.0 Å². The number of nitrogens with zero attached hydrogens (tertiary/aromatic N) is 3. The van der Waals surface area contributed by atoms with E-state index in [1.165, 1.54) is 17.9 Å². The van der Waals surface area contributed by atoms with Crippen molar-refractivity contribution in [3.63, 3.8) is 0 Å². The molecule has 132 valence electrons. The van der Waals surface area contributed by atoms with Crippen molar-refractivity contribution >= 4 is 5.91 Å². The molecule has 0 aromatic carbocycles. The van der Waals surface area contributed by atoms with Gasteiger partial charge in [0.2, 0.25) is 5.91 Å². The minimum atomic E-state index is -0.511. The summed E-state index contributed by atoms with van der Waals surface area (Å²) < 4.78 is 18.3. The zero-order valence-electron chi connectivity index (χ0n) is 13.8. The predicted octanol–water partition coefficient (Wildman–Crippen LogP) is -0.334. The minimum Gasteiger partial charge on any atom is -0.377 e. The Kier molecular flexibility index (Phi) is 5.27. The van der Waals surface area contributed by atoms with Crippen molar-refractivity contribution in [1.82, 2.24) is 14.7 Å². The van der Waals surface area contributed by atoms with Crippen LogP contribution in [0.1, 0.15) is 12.8 Å². The Morgan fingerprint density at radius 2 is 2.42 bits per heavy atom. The van der Waals surface area contributed by atoms with Crippen LogP contribution in [0.2, 0.25) is 0 Å². The van der Waals surface area contributed by atoms with E-state index in [4.69, 9.17) is 14.2 Å². The largest absolute Gasteiger partial charge is 0.377 e. The summed E-state index contributed by atoms with van der Waals surface area (Å²) in [4.78, 5) is 25.7. The molecule has 1 aromatic rings. The van der Waals surface area contributed by atoms with Gasteiger partial charge in [0.05, 0.1) is 32.4 Å². The maximum atomic E-state index is 12.1. The molecule has 0 aliphatic carbocycles. The second-order valence-electron chi connectivity index (χ2n) is 6.31. The van der Waals surface area contributed by atoms with E-state index in [0.717, 1.165) is 12.8 Å². The van der Waals surface area contributed by atoms with E-state index in [1.54, 1.807) is 17.2 Å². The summed E-state index contributed by atoms with van der Waals surface area (Å²) in [6.45, 7) is 2.44. The Bertz CT molecular complexity index is 634. The first-order valence-electron chi connectivity index (χ1n) is 8.16. The molecule has 0 bridgehead atoms. The zero-order valence-corrected chi connectivity index (χ0v) is 13.8. The van der Waals surface area contributed by atoms with Gasteiger partial charge in [-0.3, -0.25) is 9.59 Å². The van der Waals surface area contributed by atoms with Gasteiger partial charge in [-0.25, -0.2) is 4.68 Å². The summed E-state index contributed by atoms with van der Waals surface area (Å²) >= 11 is 0. The number of carbonyl (C=O) groups is 1. The molecule has 1 spiro atoms. The maximum absolute atomic E-state index is 12.1. The molecule has 1 amide bonds. The molecule has 2 aliphatic heterocycles. The van der Waals surface area contributed by atoms with Gasteiger partial charge in [-0.15, -0.1) is 0 Å². The van der Waals surface area contributed by atoms with Crippen LogP contribution < -0.4 is 5.56 Å². The predicted molar refractivity (Wildman–Crippen MR) is 84.6 cm³/mol. The molecule has 8 heteroatoms. The maximum Gasteiger partial charge on any atom is 0.266 e. The fraction of sp³-hybridized carbons (Fsp3) is 0.688.